The molecule has 2 N–H and O–H groups in total. The Hall–Kier alpha value is -6.20. The number of amides is 2. The topological polar surface area (TPSA) is 109 Å². The number of carbonyl (C=O) groups excluding carboxylic acids is 2. The Morgan fingerprint density at radius 2 is 1.52 bits per heavy atom. The second-order valence-electron chi connectivity index (χ2n) is 12.2. The number of halogens is 2. The summed E-state index contributed by atoms with van der Waals surface area (Å²) < 4.78 is 41.0. The van der Waals surface area contributed by atoms with Gasteiger partial charge in [0.05, 0.1) is 47.8 Å². The highest BCUT2D eigenvalue weighted by atomic mass is 19.1. The van der Waals surface area contributed by atoms with Crippen molar-refractivity contribution in [1.82, 2.24) is 25.4 Å². The molecule has 6 rings (SSSR count). The van der Waals surface area contributed by atoms with E-state index in [4.69, 9.17) is 9.47 Å². The largest absolute Gasteiger partial charge is 0.445 e. The summed E-state index contributed by atoms with van der Waals surface area (Å²) in [5.41, 5.74) is 3.76. The molecule has 0 saturated heterocycles. The number of carbonyl (C=O) groups is 2. The molecule has 0 spiro atoms. The lowest BCUT2D eigenvalue weighted by Gasteiger charge is -2.34. The Labute approximate surface area is 300 Å². The molecule has 2 atom stereocenters. The Balaban J connectivity index is 1.30. The maximum Gasteiger partial charge on any atom is 0.410 e. The molecule has 4 aromatic carbocycles. The fourth-order valence-corrected chi connectivity index (χ4v) is 5.80. The molecule has 2 aromatic heterocycles. The van der Waals surface area contributed by atoms with Gasteiger partial charge in [0.15, 0.2) is 0 Å². The minimum absolute atomic E-state index is 0.0197. The Kier molecular flexibility index (Phi) is 11.7. The predicted molar refractivity (Wildman–Crippen MR) is 193 cm³/mol. The first-order valence-corrected chi connectivity index (χ1v) is 16.7. The van der Waals surface area contributed by atoms with E-state index in [1.165, 1.54) is 35.2 Å². The third kappa shape index (κ3) is 9.12. The standard InChI is InChI=1S/C41H37F2N5O4/c1-48(41(50)52-26-29-13-6-3-7-14-29)38(27-51-25-28-11-4-2-5-12-28)36(23-32-15-8-9-22-44-32)45-40(49)33-16-10-17-34(43)39(33)37-24-35(46-47-37)30-18-20-31(42)21-19-30/h2-22,24,36,38H,23,25-27H2,1H3,(H,45,49)(H,46,47)/t36-,38-/m1/s1. The van der Waals surface area contributed by atoms with E-state index in [-0.39, 0.29) is 43.1 Å². The van der Waals surface area contributed by atoms with E-state index in [2.05, 4.69) is 20.5 Å². The van der Waals surface area contributed by atoms with E-state index in [0.717, 1.165) is 11.1 Å². The smallest absolute Gasteiger partial charge is 0.410 e. The normalized spacial score (nSPS) is 12.1. The maximum atomic E-state index is 15.6. The van der Waals surface area contributed by atoms with Crippen molar-refractivity contribution >= 4 is 12.0 Å². The van der Waals surface area contributed by atoms with Crippen LogP contribution in [0.2, 0.25) is 0 Å². The molecule has 0 fully saturated rings. The summed E-state index contributed by atoms with van der Waals surface area (Å²) >= 11 is 0. The van der Waals surface area contributed by atoms with E-state index in [0.29, 0.717) is 17.0 Å². The highest BCUT2D eigenvalue weighted by molar-refractivity contribution is 6.01. The molecule has 0 radical (unpaired) electrons. The fourth-order valence-electron chi connectivity index (χ4n) is 5.80. The van der Waals surface area contributed by atoms with E-state index in [1.807, 2.05) is 72.8 Å². The van der Waals surface area contributed by atoms with Gasteiger partial charge in [0, 0.05) is 25.4 Å². The van der Waals surface area contributed by atoms with Gasteiger partial charge in [0.25, 0.3) is 5.91 Å². The maximum absolute atomic E-state index is 15.6. The van der Waals surface area contributed by atoms with Crippen LogP contribution in [0.3, 0.4) is 0 Å². The third-order valence-corrected chi connectivity index (χ3v) is 8.57. The molecule has 0 unspecified atom stereocenters. The van der Waals surface area contributed by atoms with Crippen LogP contribution in [0, 0.1) is 11.6 Å². The minimum atomic E-state index is -0.766. The number of hydrogen-bond acceptors (Lipinski definition) is 6. The second kappa shape index (κ2) is 17.1. The van der Waals surface area contributed by atoms with Crippen LogP contribution >= 0.6 is 0 Å². The molecular formula is C41H37F2N5O4. The molecule has 0 aliphatic heterocycles. The number of benzene rings is 4. The van der Waals surface area contributed by atoms with Crippen molar-refractivity contribution < 1.29 is 27.8 Å². The monoisotopic (exact) mass is 701 g/mol. The first-order valence-electron chi connectivity index (χ1n) is 16.7. The van der Waals surface area contributed by atoms with Crippen LogP contribution in [0.15, 0.2) is 134 Å². The van der Waals surface area contributed by atoms with Gasteiger partial charge in [-0.05, 0) is 71.3 Å². The second-order valence-corrected chi connectivity index (χ2v) is 12.2. The van der Waals surface area contributed by atoms with Gasteiger partial charge in [-0.1, -0.05) is 72.8 Å². The average Bonchev–Trinajstić information content (AvgIpc) is 3.66. The van der Waals surface area contributed by atoms with E-state index >= 15 is 4.39 Å². The molecular weight excluding hydrogens is 664 g/mol. The van der Waals surface area contributed by atoms with Gasteiger partial charge < -0.3 is 19.7 Å². The van der Waals surface area contributed by atoms with E-state index < -0.39 is 35.7 Å². The molecule has 2 amide bonds. The number of rotatable bonds is 14. The van der Waals surface area contributed by atoms with Crippen LogP contribution < -0.4 is 5.32 Å². The van der Waals surface area contributed by atoms with E-state index in [9.17, 15) is 14.0 Å². The van der Waals surface area contributed by atoms with Crippen LogP contribution in [0.5, 0.6) is 0 Å². The summed E-state index contributed by atoms with van der Waals surface area (Å²) in [6, 6.07) is 34.4. The summed E-state index contributed by atoms with van der Waals surface area (Å²) in [6.45, 7) is 0.340. The molecule has 0 saturated carbocycles. The molecule has 9 nitrogen and oxygen atoms in total. The van der Waals surface area contributed by atoms with E-state index in [1.54, 1.807) is 37.5 Å². The predicted octanol–water partition coefficient (Wildman–Crippen LogP) is 7.61. The number of H-pyrrole nitrogens is 1. The lowest BCUT2D eigenvalue weighted by Crippen LogP contribution is -2.55. The average molecular weight is 702 g/mol. The molecule has 6 aromatic rings. The first kappa shape index (κ1) is 35.6. The lowest BCUT2D eigenvalue weighted by atomic mass is 9.98. The molecule has 0 bridgehead atoms. The summed E-state index contributed by atoms with van der Waals surface area (Å²) in [7, 11) is 1.59. The highest BCUT2D eigenvalue weighted by Crippen LogP contribution is 2.29. The number of likely N-dealkylation sites (N-methyl/N-ethyl adjacent to an activating group) is 1. The van der Waals surface area contributed by atoms with Gasteiger partial charge in [-0.25, -0.2) is 13.6 Å². The van der Waals surface area contributed by atoms with Crippen LogP contribution in [0.1, 0.15) is 27.2 Å². The zero-order valence-electron chi connectivity index (χ0n) is 28.4. The van der Waals surface area contributed by atoms with Crippen LogP contribution in [-0.2, 0) is 29.1 Å². The van der Waals surface area contributed by atoms with Gasteiger partial charge in [-0.2, -0.15) is 5.10 Å². The number of aromatic nitrogens is 3. The first-order chi connectivity index (χ1) is 25.4. The highest BCUT2D eigenvalue weighted by Gasteiger charge is 2.33. The number of pyridine rings is 1. The van der Waals surface area contributed by atoms with Crippen molar-refractivity contribution in [2.45, 2.75) is 31.7 Å². The number of ether oxygens (including phenoxy) is 2. The summed E-state index contributed by atoms with van der Waals surface area (Å²) in [5.74, 6) is -1.65. The Bertz CT molecular complexity index is 2060. The van der Waals surface area contributed by atoms with Crippen LogP contribution in [0.25, 0.3) is 22.5 Å². The van der Waals surface area contributed by atoms with Crippen molar-refractivity contribution in [3.05, 3.63) is 168 Å². The number of nitrogens with one attached hydrogen (secondary N) is 2. The number of nitrogens with zero attached hydrogens (tertiary/aromatic N) is 3. The number of aromatic amines is 1. The Morgan fingerprint density at radius 3 is 2.21 bits per heavy atom. The van der Waals surface area contributed by atoms with Gasteiger partial charge in [0.1, 0.15) is 18.2 Å². The van der Waals surface area contributed by atoms with Gasteiger partial charge in [0.2, 0.25) is 0 Å². The van der Waals surface area contributed by atoms with Crippen LogP contribution in [0.4, 0.5) is 13.6 Å². The zero-order valence-corrected chi connectivity index (χ0v) is 28.4. The Morgan fingerprint density at radius 1 is 0.827 bits per heavy atom. The van der Waals surface area contributed by atoms with Gasteiger partial charge in [-0.15, -0.1) is 0 Å². The van der Waals surface area contributed by atoms with Crippen molar-refractivity contribution in [3.63, 3.8) is 0 Å². The summed E-state index contributed by atoms with van der Waals surface area (Å²) in [6.07, 6.45) is 1.24. The lowest BCUT2D eigenvalue weighted by molar-refractivity contribution is 0.0307. The van der Waals surface area contributed by atoms with Crippen molar-refractivity contribution in [3.8, 4) is 22.5 Å². The summed E-state index contributed by atoms with van der Waals surface area (Å²) in [4.78, 5) is 33.7. The van der Waals surface area contributed by atoms with Crippen molar-refractivity contribution in [2.75, 3.05) is 13.7 Å². The molecule has 0 aliphatic rings. The van der Waals surface area contributed by atoms with Crippen molar-refractivity contribution in [1.29, 1.82) is 0 Å². The third-order valence-electron chi connectivity index (χ3n) is 8.57. The zero-order chi connectivity index (χ0) is 36.3. The summed E-state index contributed by atoms with van der Waals surface area (Å²) in [5, 5.41) is 10.2. The van der Waals surface area contributed by atoms with Gasteiger partial charge in [-0.3, -0.25) is 14.9 Å². The quantitative estimate of drug-likeness (QED) is 0.121. The molecule has 0 aliphatic carbocycles. The van der Waals surface area contributed by atoms with Crippen LogP contribution in [-0.4, -0.2) is 57.8 Å². The minimum Gasteiger partial charge on any atom is -0.445 e. The molecule has 264 valence electrons. The van der Waals surface area contributed by atoms with Crippen molar-refractivity contribution in [2.24, 2.45) is 0 Å². The molecule has 11 heteroatoms. The molecule has 2 heterocycles. The molecule has 52 heavy (non-hydrogen) atoms. The fraction of sp³-hybridized carbons (Fsp3) is 0.171. The number of hydrogen-bond donors (Lipinski definition) is 2. The van der Waals surface area contributed by atoms with Gasteiger partial charge >= 0.3 is 6.09 Å². The SMILES string of the molecule is CN(C(=O)OCc1ccccc1)[C@H](COCc1ccccc1)[C@@H](Cc1ccccn1)NC(=O)c1cccc(F)c1-c1cc(-c2ccc(F)cc2)[nH]n1.